The van der Waals surface area contributed by atoms with E-state index < -0.39 is 5.41 Å². The molecule has 3 aliphatic rings. The van der Waals surface area contributed by atoms with Crippen molar-refractivity contribution in [1.82, 2.24) is 14.5 Å². The van der Waals surface area contributed by atoms with Crippen molar-refractivity contribution in [1.29, 1.82) is 0 Å². The van der Waals surface area contributed by atoms with Crippen LogP contribution in [0.4, 0.5) is 0 Å². The van der Waals surface area contributed by atoms with Crippen LogP contribution in [0.2, 0.25) is 0 Å². The van der Waals surface area contributed by atoms with Gasteiger partial charge in [0, 0.05) is 36.9 Å². The minimum atomic E-state index is -0.471. The molecule has 1 aliphatic heterocycles. The lowest BCUT2D eigenvalue weighted by Gasteiger charge is -2.40. The molecule has 0 N–H and O–H groups in total. The Morgan fingerprint density at radius 2 is 1.13 bits per heavy atom. The van der Waals surface area contributed by atoms with Crippen molar-refractivity contribution in [3.8, 4) is 39.5 Å². The molecule has 4 nitrogen and oxygen atoms in total. The Morgan fingerprint density at radius 3 is 1.92 bits per heavy atom. The second kappa shape index (κ2) is 11.7. The minimum absolute atomic E-state index is 0.162. The molecular formula is C56H35N3OS. The molecule has 1 spiro atoms. The second-order valence-electron chi connectivity index (χ2n) is 17.2. The monoisotopic (exact) mass is 797 g/mol. The summed E-state index contributed by atoms with van der Waals surface area (Å²) in [5.74, 6) is 0.621. The number of furan rings is 1. The molecule has 0 atom stereocenters. The van der Waals surface area contributed by atoms with E-state index in [4.69, 9.17) is 14.4 Å². The first-order chi connectivity index (χ1) is 30.0. The summed E-state index contributed by atoms with van der Waals surface area (Å²) >= 11 is 1.89. The highest BCUT2D eigenvalue weighted by Crippen LogP contribution is 2.63. The van der Waals surface area contributed by atoms with Crippen LogP contribution in [0.15, 0.2) is 190 Å². The first-order valence-corrected chi connectivity index (χ1v) is 21.8. The molecule has 11 aromatic rings. The number of benzene rings is 8. The van der Waals surface area contributed by atoms with Gasteiger partial charge in [0.2, 0.25) is 5.95 Å². The normalized spacial score (nSPS) is 14.9. The van der Waals surface area contributed by atoms with Gasteiger partial charge < -0.3 is 4.42 Å². The lowest BCUT2D eigenvalue weighted by Crippen LogP contribution is -2.32. The van der Waals surface area contributed by atoms with Crippen LogP contribution in [0.3, 0.4) is 0 Å². The number of hydrogen-bond acceptors (Lipinski definition) is 4. The molecule has 0 amide bonds. The van der Waals surface area contributed by atoms with Gasteiger partial charge in [-0.25, -0.2) is 9.97 Å². The fourth-order valence-corrected chi connectivity index (χ4v) is 12.7. The maximum atomic E-state index is 6.70. The Balaban J connectivity index is 1.07. The number of hydrogen-bond donors (Lipinski definition) is 0. The predicted molar refractivity (Wildman–Crippen MR) is 248 cm³/mol. The van der Waals surface area contributed by atoms with Crippen LogP contribution < -0.4 is 0 Å². The molecule has 0 radical (unpaired) electrons. The maximum Gasteiger partial charge on any atom is 0.236 e. The Morgan fingerprint density at radius 1 is 0.508 bits per heavy atom. The Bertz CT molecular complexity index is 3690. The minimum Gasteiger partial charge on any atom is -0.452 e. The Labute approximate surface area is 356 Å². The van der Waals surface area contributed by atoms with E-state index >= 15 is 0 Å². The van der Waals surface area contributed by atoms with Crippen LogP contribution in [0.5, 0.6) is 0 Å². The van der Waals surface area contributed by atoms with Crippen LogP contribution >= 0.6 is 11.8 Å². The van der Waals surface area contributed by atoms with E-state index in [9.17, 15) is 0 Å². The molecule has 0 saturated heterocycles. The molecule has 0 bridgehead atoms. The highest BCUT2D eigenvalue weighted by Gasteiger charge is 2.50. The molecule has 4 heterocycles. The zero-order valence-corrected chi connectivity index (χ0v) is 34.2. The number of nitrogens with zero attached hydrogens (tertiary/aromatic N) is 3. The summed E-state index contributed by atoms with van der Waals surface area (Å²) < 4.78 is 8.98. The van der Waals surface area contributed by atoms with E-state index in [1.807, 2.05) is 23.9 Å². The molecule has 2 aliphatic carbocycles. The summed E-state index contributed by atoms with van der Waals surface area (Å²) in [4.78, 5) is 13.6. The molecular weight excluding hydrogens is 763 g/mol. The molecule has 0 unspecified atom stereocenters. The molecule has 286 valence electrons. The second-order valence-corrected chi connectivity index (χ2v) is 18.3. The van der Waals surface area contributed by atoms with E-state index in [0.29, 0.717) is 11.5 Å². The van der Waals surface area contributed by atoms with Gasteiger partial charge in [0.25, 0.3) is 0 Å². The molecule has 61 heavy (non-hydrogen) atoms. The smallest absolute Gasteiger partial charge is 0.236 e. The summed E-state index contributed by atoms with van der Waals surface area (Å²) in [6.45, 7) is 4.65. The summed E-state index contributed by atoms with van der Waals surface area (Å²) in [5, 5.41) is 3.37. The van der Waals surface area contributed by atoms with Crippen LogP contribution in [0.25, 0.3) is 83.3 Å². The van der Waals surface area contributed by atoms with Crippen LogP contribution in [0.1, 0.15) is 47.2 Å². The fraction of sp³-hybridized carbons (Fsp3) is 0.0714. The third-order valence-electron chi connectivity index (χ3n) is 13.9. The quantitative estimate of drug-likeness (QED) is 0.175. The van der Waals surface area contributed by atoms with Gasteiger partial charge in [0.15, 0.2) is 5.58 Å². The van der Waals surface area contributed by atoms with E-state index in [-0.39, 0.29) is 5.41 Å². The largest absolute Gasteiger partial charge is 0.452 e. The summed E-state index contributed by atoms with van der Waals surface area (Å²) in [5.41, 5.74) is 18.7. The van der Waals surface area contributed by atoms with Gasteiger partial charge >= 0.3 is 0 Å². The lowest BCUT2D eigenvalue weighted by atomic mass is 9.67. The van der Waals surface area contributed by atoms with Crippen molar-refractivity contribution in [2.75, 3.05) is 0 Å². The van der Waals surface area contributed by atoms with Gasteiger partial charge in [-0.15, -0.1) is 0 Å². The number of rotatable bonds is 2. The molecule has 3 aromatic heterocycles. The first-order valence-electron chi connectivity index (χ1n) is 21.0. The zero-order chi connectivity index (χ0) is 40.2. The van der Waals surface area contributed by atoms with Gasteiger partial charge in [-0.2, -0.15) is 0 Å². The van der Waals surface area contributed by atoms with Gasteiger partial charge in [-0.1, -0.05) is 165 Å². The molecule has 8 aromatic carbocycles. The van der Waals surface area contributed by atoms with Gasteiger partial charge in [0.1, 0.15) is 16.8 Å². The number of para-hydroxylation sites is 2. The lowest BCUT2D eigenvalue weighted by molar-refractivity contribution is 0.659. The van der Waals surface area contributed by atoms with Crippen LogP contribution in [-0.4, -0.2) is 14.5 Å². The topological polar surface area (TPSA) is 43.9 Å². The summed E-state index contributed by atoms with van der Waals surface area (Å²) in [6, 6.07) is 64.4. The fourth-order valence-electron chi connectivity index (χ4n) is 11.3. The third kappa shape index (κ3) is 4.17. The van der Waals surface area contributed by atoms with Crippen molar-refractivity contribution < 1.29 is 4.42 Å². The average molecular weight is 798 g/mol. The highest BCUT2D eigenvalue weighted by molar-refractivity contribution is 7.99. The molecule has 14 rings (SSSR count). The standard InChI is InChI=1S/C56H35N3OS/c1-55(2)39-20-8-3-15-33(39)36-28-27-32(31-44(36)55)50-52-51(38-19-7-13-25-47(38)60-52)58-54(57-50)59-45-24-12-6-18-37(45)49-46(59)30-29-43-53(49)61-48-26-14-11-23-42(48)56(43)40-21-9-4-16-34(40)35-17-5-10-22-41(35)56/h3-31H,1-2H3. The van der Waals surface area contributed by atoms with E-state index in [0.717, 1.165) is 38.8 Å². The first kappa shape index (κ1) is 33.6. The molecule has 0 fully saturated rings. The molecule has 0 saturated carbocycles. The van der Waals surface area contributed by atoms with Gasteiger partial charge in [-0.05, 0) is 92.0 Å². The average Bonchev–Trinajstić information content (AvgIpc) is 4.01. The molecule has 5 heteroatoms. The highest BCUT2D eigenvalue weighted by atomic mass is 32.2. The SMILES string of the molecule is CC1(C)c2ccccc2-c2ccc(-c3nc(-n4c5ccccc5c5c6c(ccc54)C4(c5ccccc5S6)c5ccccc5-c5ccccc54)nc4c3oc3ccccc34)cc21. The van der Waals surface area contributed by atoms with Crippen LogP contribution in [0, 0.1) is 0 Å². The third-order valence-corrected chi connectivity index (χ3v) is 15.1. The zero-order valence-electron chi connectivity index (χ0n) is 33.4. The van der Waals surface area contributed by atoms with Crippen molar-refractivity contribution in [2.24, 2.45) is 0 Å². The van der Waals surface area contributed by atoms with Crippen molar-refractivity contribution in [3.63, 3.8) is 0 Å². The Kier molecular flexibility index (Phi) is 6.47. The summed E-state index contributed by atoms with van der Waals surface area (Å²) in [6.07, 6.45) is 0. The Hall–Kier alpha value is -7.21. The maximum absolute atomic E-state index is 6.70. The number of aromatic nitrogens is 3. The van der Waals surface area contributed by atoms with Gasteiger partial charge in [-0.3, -0.25) is 4.57 Å². The van der Waals surface area contributed by atoms with E-state index in [1.54, 1.807) is 0 Å². The van der Waals surface area contributed by atoms with Gasteiger partial charge in [0.05, 0.1) is 16.4 Å². The van der Waals surface area contributed by atoms with E-state index in [2.05, 4.69) is 182 Å². The number of fused-ring (bicyclic) bond motifs is 19. The van der Waals surface area contributed by atoms with E-state index in [1.165, 1.54) is 76.2 Å². The predicted octanol–water partition coefficient (Wildman–Crippen LogP) is 14.3. The van der Waals surface area contributed by atoms with Crippen molar-refractivity contribution in [3.05, 3.63) is 209 Å². The van der Waals surface area contributed by atoms with Crippen LogP contribution in [-0.2, 0) is 10.8 Å². The summed E-state index contributed by atoms with van der Waals surface area (Å²) in [7, 11) is 0. The van der Waals surface area contributed by atoms with Crippen molar-refractivity contribution in [2.45, 2.75) is 34.5 Å². The van der Waals surface area contributed by atoms with Crippen molar-refractivity contribution >= 4 is 55.6 Å².